The standard InChI is InChI=1S/C53H62N4O.Pt/c1-33-26-27-54-42(28-33)57-40-23-18-17-22-38(40)39-25-24-37(30-41(39)57)58-36-21-19-20-35(29-36)56-32-34(31-55-56)43-44(49(2,3)4)46(51(8,9)10)48(53(14,15)16)47(52(11,12)13)45(43)50(5,6)7;/h17-28,31-32H,1-16H3;/q-2;+2. The predicted octanol–water partition coefficient (Wildman–Crippen LogP) is 14.2. The van der Waals surface area contributed by atoms with Crippen molar-refractivity contribution in [3.63, 3.8) is 0 Å². The Kier molecular flexibility index (Phi) is 11.4. The molecule has 0 aliphatic rings. The van der Waals surface area contributed by atoms with Crippen LogP contribution < -0.4 is 4.74 Å². The van der Waals surface area contributed by atoms with Crippen LogP contribution in [0.3, 0.4) is 0 Å². The summed E-state index contributed by atoms with van der Waals surface area (Å²) in [6.45, 7) is 37.8. The molecule has 59 heavy (non-hydrogen) atoms. The van der Waals surface area contributed by atoms with Gasteiger partial charge >= 0.3 is 21.1 Å². The van der Waals surface area contributed by atoms with E-state index in [-0.39, 0.29) is 48.1 Å². The molecule has 0 fully saturated rings. The molecule has 0 atom stereocenters. The predicted molar refractivity (Wildman–Crippen MR) is 244 cm³/mol. The molecule has 0 N–H and O–H groups in total. The number of para-hydroxylation sites is 1. The second kappa shape index (κ2) is 15.2. The van der Waals surface area contributed by atoms with Gasteiger partial charge in [-0.05, 0) is 102 Å². The van der Waals surface area contributed by atoms with Gasteiger partial charge in [-0.1, -0.05) is 128 Å². The van der Waals surface area contributed by atoms with Gasteiger partial charge in [0.1, 0.15) is 5.82 Å². The number of aromatic nitrogens is 4. The quantitative estimate of drug-likeness (QED) is 0.162. The molecule has 0 aliphatic heterocycles. The van der Waals surface area contributed by atoms with Gasteiger partial charge in [-0.2, -0.15) is 17.2 Å². The fourth-order valence-corrected chi connectivity index (χ4v) is 8.93. The number of ether oxygens (including phenoxy) is 1. The maximum absolute atomic E-state index is 6.54. The van der Waals surface area contributed by atoms with Crippen LogP contribution in [0.5, 0.6) is 11.5 Å². The van der Waals surface area contributed by atoms with Crippen LogP contribution >= 0.6 is 0 Å². The van der Waals surface area contributed by atoms with Gasteiger partial charge in [0.15, 0.2) is 0 Å². The number of rotatable bonds is 5. The molecule has 0 unspecified atom stereocenters. The van der Waals surface area contributed by atoms with Gasteiger partial charge in [-0.15, -0.1) is 35.7 Å². The number of pyridine rings is 1. The third kappa shape index (κ3) is 8.34. The molecule has 4 aromatic carbocycles. The molecular formula is C53H62N4OPt. The molecule has 5 nitrogen and oxygen atoms in total. The zero-order valence-corrected chi connectivity index (χ0v) is 40.4. The third-order valence-corrected chi connectivity index (χ3v) is 11.0. The van der Waals surface area contributed by atoms with Crippen molar-refractivity contribution in [3.8, 4) is 34.1 Å². The van der Waals surface area contributed by atoms with Crippen molar-refractivity contribution in [2.45, 2.75) is 138 Å². The molecule has 7 aromatic rings. The Morgan fingerprint density at radius 3 is 1.71 bits per heavy atom. The topological polar surface area (TPSA) is 44.9 Å². The van der Waals surface area contributed by atoms with Crippen LogP contribution in [-0.2, 0) is 48.1 Å². The van der Waals surface area contributed by atoms with Crippen molar-refractivity contribution in [1.82, 2.24) is 19.3 Å². The zero-order valence-electron chi connectivity index (χ0n) is 38.1. The first-order valence-corrected chi connectivity index (χ1v) is 20.8. The van der Waals surface area contributed by atoms with Crippen molar-refractivity contribution in [3.05, 3.63) is 131 Å². The first-order chi connectivity index (χ1) is 26.9. The molecule has 0 saturated carbocycles. The summed E-state index contributed by atoms with van der Waals surface area (Å²) in [5, 5.41) is 7.28. The minimum Gasteiger partial charge on any atom is -0.509 e. The number of benzene rings is 4. The summed E-state index contributed by atoms with van der Waals surface area (Å²) >= 11 is 0. The summed E-state index contributed by atoms with van der Waals surface area (Å²) in [7, 11) is 0. The van der Waals surface area contributed by atoms with E-state index in [2.05, 4.69) is 176 Å². The Balaban J connectivity index is 0.00000585. The van der Waals surface area contributed by atoms with E-state index >= 15 is 0 Å². The molecule has 0 radical (unpaired) electrons. The average Bonchev–Trinajstić information content (AvgIpc) is 3.72. The number of nitrogens with zero attached hydrogens (tertiary/aromatic N) is 4. The van der Waals surface area contributed by atoms with E-state index in [1.807, 2.05) is 41.2 Å². The second-order valence-electron chi connectivity index (χ2n) is 21.3. The summed E-state index contributed by atoms with van der Waals surface area (Å²) in [6, 6.07) is 29.7. The van der Waals surface area contributed by atoms with Gasteiger partial charge < -0.3 is 9.30 Å². The Labute approximate surface area is 367 Å². The Bertz CT molecular complexity index is 2620. The molecule has 6 heteroatoms. The van der Waals surface area contributed by atoms with E-state index in [1.165, 1.54) is 33.4 Å². The van der Waals surface area contributed by atoms with Gasteiger partial charge in [-0.3, -0.25) is 4.68 Å². The normalized spacial score (nSPS) is 12.9. The minimum atomic E-state index is -0.144. The van der Waals surface area contributed by atoms with Crippen LogP contribution in [0.4, 0.5) is 0 Å². The molecule has 7 rings (SSSR count). The van der Waals surface area contributed by atoms with Crippen molar-refractivity contribution < 1.29 is 25.8 Å². The monoisotopic (exact) mass is 965 g/mol. The molecule has 3 heterocycles. The maximum atomic E-state index is 6.54. The average molecular weight is 966 g/mol. The first-order valence-electron chi connectivity index (χ1n) is 20.8. The summed E-state index contributed by atoms with van der Waals surface area (Å²) in [4.78, 5) is 4.74. The van der Waals surface area contributed by atoms with Crippen molar-refractivity contribution in [2.75, 3.05) is 0 Å². The molecular weight excluding hydrogens is 904 g/mol. The summed E-state index contributed by atoms with van der Waals surface area (Å²) in [5.74, 6) is 2.04. The van der Waals surface area contributed by atoms with E-state index in [0.29, 0.717) is 11.5 Å². The number of fused-ring (bicyclic) bond motifs is 3. The van der Waals surface area contributed by atoms with E-state index in [9.17, 15) is 0 Å². The SMILES string of the molecule is Cc1ccnc(-n2c3[c-]c(Oc4[c-]c(-n5cc(-c6c(C(C)(C)C)c(C(C)(C)C)c(C(C)(C)C)c(C(C)(C)C)c6C(C)(C)C)cn5)ccc4)ccc3c3ccccc32)c1.[Pt+2]. The van der Waals surface area contributed by atoms with Crippen molar-refractivity contribution in [1.29, 1.82) is 0 Å². The van der Waals surface area contributed by atoms with Crippen LogP contribution in [0.15, 0.2) is 85.3 Å². The maximum Gasteiger partial charge on any atom is 2.00 e. The Morgan fingerprint density at radius 1 is 0.576 bits per heavy atom. The molecule has 0 aliphatic carbocycles. The van der Waals surface area contributed by atoms with E-state index in [1.54, 1.807) is 0 Å². The van der Waals surface area contributed by atoms with Gasteiger partial charge in [0, 0.05) is 35.0 Å². The largest absolute Gasteiger partial charge is 2.00 e. The second-order valence-corrected chi connectivity index (χ2v) is 21.3. The number of aryl methyl sites for hydroxylation is 1. The third-order valence-electron chi connectivity index (χ3n) is 11.0. The summed E-state index contributed by atoms with van der Waals surface area (Å²) in [5.41, 5.74) is 13.0. The fraction of sp³-hybridized carbons (Fsp3) is 0.396. The van der Waals surface area contributed by atoms with Crippen LogP contribution in [0.25, 0.3) is 44.4 Å². The van der Waals surface area contributed by atoms with Gasteiger partial charge in [0.2, 0.25) is 0 Å². The van der Waals surface area contributed by atoms with E-state index in [0.717, 1.165) is 44.4 Å². The van der Waals surface area contributed by atoms with Gasteiger partial charge in [-0.25, -0.2) is 4.98 Å². The summed E-state index contributed by atoms with van der Waals surface area (Å²) in [6.07, 6.45) is 6.10. The van der Waals surface area contributed by atoms with Gasteiger partial charge in [0.25, 0.3) is 0 Å². The van der Waals surface area contributed by atoms with Crippen molar-refractivity contribution >= 4 is 21.8 Å². The van der Waals surface area contributed by atoms with Crippen LogP contribution in [0, 0.1) is 19.1 Å². The number of hydrogen-bond donors (Lipinski definition) is 0. The van der Waals surface area contributed by atoms with E-state index in [4.69, 9.17) is 14.8 Å². The molecule has 0 spiro atoms. The zero-order chi connectivity index (χ0) is 42.3. The van der Waals surface area contributed by atoms with Crippen LogP contribution in [0.2, 0.25) is 0 Å². The Hall–Kier alpha value is -4.47. The molecule has 3 aromatic heterocycles. The first kappa shape index (κ1) is 44.1. The van der Waals surface area contributed by atoms with Crippen LogP contribution in [0.1, 0.15) is 137 Å². The molecule has 0 bridgehead atoms. The smallest absolute Gasteiger partial charge is 0.509 e. The molecule has 310 valence electrons. The molecule has 0 amide bonds. The number of hydrogen-bond acceptors (Lipinski definition) is 3. The fourth-order valence-electron chi connectivity index (χ4n) is 8.93. The summed E-state index contributed by atoms with van der Waals surface area (Å²) < 4.78 is 10.7. The van der Waals surface area contributed by atoms with Gasteiger partial charge in [0.05, 0.1) is 6.20 Å². The minimum absolute atomic E-state index is 0. The van der Waals surface area contributed by atoms with Crippen LogP contribution in [-0.4, -0.2) is 19.3 Å². The van der Waals surface area contributed by atoms with E-state index < -0.39 is 0 Å². The van der Waals surface area contributed by atoms with Crippen molar-refractivity contribution in [2.24, 2.45) is 0 Å². The molecule has 0 saturated heterocycles. The Morgan fingerprint density at radius 2 is 1.14 bits per heavy atom.